The zero-order chi connectivity index (χ0) is 12.1. The maximum atomic E-state index is 11.1. The second kappa shape index (κ2) is 4.80. The molecule has 0 unspecified atom stereocenters. The Labute approximate surface area is 83.3 Å². The largest absolute Gasteiger partial charge is 0.480 e. The fourth-order valence-corrected chi connectivity index (χ4v) is 0.608. The van der Waals surface area contributed by atoms with E-state index < -0.39 is 30.3 Å². The maximum Gasteiger partial charge on any atom is 0.408 e. The first-order valence-corrected chi connectivity index (χ1v) is 3.95. The zero-order valence-electron chi connectivity index (χ0n) is 9.11. The molecule has 6 nitrogen and oxygen atoms in total. The van der Waals surface area contributed by atoms with Crippen molar-refractivity contribution in [3.8, 4) is 0 Å². The second-order valence-corrected chi connectivity index (χ2v) is 3.37. The number of amides is 1. The standard InChI is InChI=1S/C8H15NO5/c1-8(2,3)14-7(13)9-5(4-10)6(11)12/h5,10H,4H2,1-3H3,(H,9,13)(H,11,12)/t5-/m0/s1/i1D. The van der Waals surface area contributed by atoms with Gasteiger partial charge >= 0.3 is 12.1 Å². The highest BCUT2D eigenvalue weighted by Crippen LogP contribution is 2.06. The van der Waals surface area contributed by atoms with Gasteiger partial charge in [0.25, 0.3) is 0 Å². The van der Waals surface area contributed by atoms with Crippen molar-refractivity contribution in [1.82, 2.24) is 5.32 Å². The van der Waals surface area contributed by atoms with E-state index >= 15 is 0 Å². The Morgan fingerprint density at radius 2 is 2.21 bits per heavy atom. The van der Waals surface area contributed by atoms with E-state index in [-0.39, 0.29) is 6.90 Å². The number of aliphatic hydroxyl groups is 1. The van der Waals surface area contributed by atoms with Crippen molar-refractivity contribution in [3.05, 3.63) is 0 Å². The van der Waals surface area contributed by atoms with E-state index in [0.717, 1.165) is 0 Å². The molecular formula is C8H15NO5. The smallest absolute Gasteiger partial charge is 0.408 e. The summed E-state index contributed by atoms with van der Waals surface area (Å²) in [6.45, 7) is 2.19. The fraction of sp³-hybridized carbons (Fsp3) is 0.750. The van der Waals surface area contributed by atoms with Crippen LogP contribution in [-0.2, 0) is 9.53 Å². The number of carbonyl (C=O) groups is 2. The van der Waals surface area contributed by atoms with Crippen LogP contribution in [-0.4, -0.2) is 40.5 Å². The van der Waals surface area contributed by atoms with Crippen LogP contribution in [0.1, 0.15) is 22.1 Å². The number of carbonyl (C=O) groups excluding carboxylic acids is 1. The van der Waals surface area contributed by atoms with Gasteiger partial charge in [-0.3, -0.25) is 0 Å². The molecular weight excluding hydrogens is 190 g/mol. The van der Waals surface area contributed by atoms with Crippen molar-refractivity contribution >= 4 is 12.1 Å². The Balaban J connectivity index is 4.19. The molecule has 0 fully saturated rings. The SMILES string of the molecule is [2H]CC(C)(C)OC(=O)N[C@@H](CO)C(=O)O. The van der Waals surface area contributed by atoms with Gasteiger partial charge in [-0.15, -0.1) is 0 Å². The van der Waals surface area contributed by atoms with Gasteiger partial charge in [-0.1, -0.05) is 0 Å². The summed E-state index contributed by atoms with van der Waals surface area (Å²) in [5.41, 5.74) is -0.984. The van der Waals surface area contributed by atoms with Crippen molar-refractivity contribution in [2.45, 2.75) is 32.4 Å². The molecule has 0 saturated carbocycles. The Morgan fingerprint density at radius 1 is 1.64 bits per heavy atom. The first-order chi connectivity index (χ1) is 6.82. The number of alkyl carbamates (subject to hydrolysis) is 1. The lowest BCUT2D eigenvalue weighted by molar-refractivity contribution is -0.140. The van der Waals surface area contributed by atoms with Gasteiger partial charge < -0.3 is 20.3 Å². The molecule has 0 aromatic rings. The highest BCUT2D eigenvalue weighted by Gasteiger charge is 2.22. The average Bonchev–Trinajstić information content (AvgIpc) is 2.13. The summed E-state index contributed by atoms with van der Waals surface area (Å²) in [5, 5.41) is 19.1. The van der Waals surface area contributed by atoms with E-state index in [1.54, 1.807) is 0 Å². The Bertz CT molecular complexity index is 243. The van der Waals surface area contributed by atoms with Gasteiger partial charge in [0.1, 0.15) is 5.60 Å². The third kappa shape index (κ3) is 5.36. The molecule has 0 saturated heterocycles. The third-order valence-electron chi connectivity index (χ3n) is 1.14. The molecule has 0 aromatic heterocycles. The van der Waals surface area contributed by atoms with Crippen LogP contribution in [0.25, 0.3) is 0 Å². The van der Waals surface area contributed by atoms with Gasteiger partial charge in [0.05, 0.1) is 6.61 Å². The molecule has 14 heavy (non-hydrogen) atoms. The van der Waals surface area contributed by atoms with Crippen molar-refractivity contribution < 1.29 is 25.9 Å². The molecule has 0 bridgehead atoms. The van der Waals surface area contributed by atoms with Gasteiger partial charge in [0.2, 0.25) is 0 Å². The molecule has 0 aliphatic heterocycles. The third-order valence-corrected chi connectivity index (χ3v) is 1.14. The molecule has 0 aliphatic rings. The summed E-state index contributed by atoms with van der Waals surface area (Å²) in [7, 11) is 0. The first kappa shape index (κ1) is 10.8. The summed E-state index contributed by atoms with van der Waals surface area (Å²) in [5.74, 6) is -1.35. The summed E-state index contributed by atoms with van der Waals surface area (Å²) in [6.07, 6.45) is -0.964. The number of hydrogen-bond donors (Lipinski definition) is 3. The zero-order valence-corrected chi connectivity index (χ0v) is 8.11. The number of carboxylic acids is 1. The Morgan fingerprint density at radius 3 is 2.57 bits per heavy atom. The first-order valence-electron chi connectivity index (χ1n) is 4.65. The molecule has 0 aromatic carbocycles. The monoisotopic (exact) mass is 206 g/mol. The molecule has 0 heterocycles. The lowest BCUT2D eigenvalue weighted by atomic mass is 10.2. The van der Waals surface area contributed by atoms with Crippen molar-refractivity contribution in [2.75, 3.05) is 6.61 Å². The van der Waals surface area contributed by atoms with Crippen molar-refractivity contribution in [3.63, 3.8) is 0 Å². The molecule has 0 radical (unpaired) electrons. The quantitative estimate of drug-likeness (QED) is 0.602. The van der Waals surface area contributed by atoms with E-state index in [2.05, 4.69) is 0 Å². The number of ether oxygens (including phenoxy) is 1. The van der Waals surface area contributed by atoms with Crippen LogP contribution < -0.4 is 5.32 Å². The highest BCUT2D eigenvalue weighted by atomic mass is 16.6. The number of hydrogen-bond acceptors (Lipinski definition) is 4. The van der Waals surface area contributed by atoms with Gasteiger partial charge in [0, 0.05) is 1.37 Å². The van der Waals surface area contributed by atoms with Crippen LogP contribution in [0.2, 0.25) is 0 Å². The summed E-state index contributed by atoms with van der Waals surface area (Å²) in [4.78, 5) is 21.5. The maximum absolute atomic E-state index is 11.1. The molecule has 0 aliphatic carbocycles. The molecule has 0 rings (SSSR count). The fourth-order valence-electron chi connectivity index (χ4n) is 0.608. The Kier molecular flexibility index (Phi) is 3.70. The van der Waals surface area contributed by atoms with E-state index in [0.29, 0.717) is 0 Å². The molecule has 1 atom stereocenters. The van der Waals surface area contributed by atoms with Crippen LogP contribution in [0, 0.1) is 0 Å². The molecule has 3 N–H and O–H groups in total. The topological polar surface area (TPSA) is 95.9 Å². The van der Waals surface area contributed by atoms with Crippen LogP contribution >= 0.6 is 0 Å². The van der Waals surface area contributed by atoms with Gasteiger partial charge in [0.15, 0.2) is 6.04 Å². The average molecular weight is 206 g/mol. The number of carboxylic acid groups (broad SMARTS) is 1. The second-order valence-electron chi connectivity index (χ2n) is 3.37. The number of nitrogens with one attached hydrogen (secondary N) is 1. The van der Waals surface area contributed by atoms with Crippen LogP contribution in [0.3, 0.4) is 0 Å². The minimum atomic E-state index is -1.39. The highest BCUT2D eigenvalue weighted by molar-refractivity contribution is 5.80. The van der Waals surface area contributed by atoms with Gasteiger partial charge in [-0.05, 0) is 20.7 Å². The number of aliphatic carboxylic acids is 1. The van der Waals surface area contributed by atoms with E-state index in [4.69, 9.17) is 16.3 Å². The predicted octanol–water partition coefficient (Wildman–Crippen LogP) is -0.0434. The molecule has 82 valence electrons. The van der Waals surface area contributed by atoms with E-state index in [1.807, 2.05) is 5.32 Å². The van der Waals surface area contributed by atoms with Gasteiger partial charge in [-0.2, -0.15) is 0 Å². The summed E-state index contributed by atoms with van der Waals surface area (Å²) >= 11 is 0. The van der Waals surface area contributed by atoms with Gasteiger partial charge in [-0.25, -0.2) is 9.59 Å². The van der Waals surface area contributed by atoms with Crippen LogP contribution in [0.15, 0.2) is 0 Å². The minimum absolute atomic E-state index is 0.142. The number of aliphatic hydroxyl groups excluding tert-OH is 1. The lowest BCUT2D eigenvalue weighted by Gasteiger charge is -2.21. The van der Waals surface area contributed by atoms with E-state index in [1.165, 1.54) is 13.8 Å². The minimum Gasteiger partial charge on any atom is -0.480 e. The Hall–Kier alpha value is -1.30. The summed E-state index contributed by atoms with van der Waals surface area (Å²) < 4.78 is 11.8. The molecule has 0 spiro atoms. The molecule has 1 amide bonds. The summed E-state index contributed by atoms with van der Waals surface area (Å²) in [6, 6.07) is -1.39. The number of rotatable bonds is 3. The van der Waals surface area contributed by atoms with Crippen molar-refractivity contribution in [1.29, 1.82) is 0 Å². The van der Waals surface area contributed by atoms with Crippen LogP contribution in [0.5, 0.6) is 0 Å². The lowest BCUT2D eigenvalue weighted by Crippen LogP contribution is -2.45. The molecule has 6 heteroatoms. The van der Waals surface area contributed by atoms with E-state index in [9.17, 15) is 9.59 Å². The van der Waals surface area contributed by atoms with Crippen LogP contribution in [0.4, 0.5) is 4.79 Å². The predicted molar refractivity (Wildman–Crippen MR) is 47.9 cm³/mol. The normalized spacial score (nSPS) is 14.1. The van der Waals surface area contributed by atoms with Crippen molar-refractivity contribution in [2.24, 2.45) is 0 Å².